The van der Waals surface area contributed by atoms with Crippen molar-refractivity contribution in [2.45, 2.75) is 70.9 Å². The predicted octanol–water partition coefficient (Wildman–Crippen LogP) is 2.94. The third kappa shape index (κ3) is 3.34. The number of rotatable bonds is 3. The Kier molecular flexibility index (Phi) is 4.70. The summed E-state index contributed by atoms with van der Waals surface area (Å²) >= 11 is 0. The molecule has 0 N–H and O–H groups in total. The summed E-state index contributed by atoms with van der Waals surface area (Å²) in [6.45, 7) is 9.36. The van der Waals surface area contributed by atoms with Gasteiger partial charge in [-0.3, -0.25) is 9.80 Å². The first-order valence-corrected chi connectivity index (χ1v) is 9.06. The number of aldehydes is 1. The summed E-state index contributed by atoms with van der Waals surface area (Å²) < 4.78 is 0. The van der Waals surface area contributed by atoms with Crippen LogP contribution < -0.4 is 0 Å². The number of hydrogen-bond acceptors (Lipinski definition) is 3. The van der Waals surface area contributed by atoms with Crippen LogP contribution in [0.15, 0.2) is 0 Å². The third-order valence-corrected chi connectivity index (χ3v) is 6.21. The van der Waals surface area contributed by atoms with Gasteiger partial charge in [-0.1, -0.05) is 26.2 Å². The van der Waals surface area contributed by atoms with E-state index in [0.717, 1.165) is 31.3 Å². The fourth-order valence-corrected chi connectivity index (χ4v) is 5.03. The van der Waals surface area contributed by atoms with E-state index in [4.69, 9.17) is 0 Å². The van der Waals surface area contributed by atoms with Crippen LogP contribution in [0, 0.1) is 11.3 Å². The summed E-state index contributed by atoms with van der Waals surface area (Å²) in [6.07, 6.45) is 10.2. The third-order valence-electron chi connectivity index (χ3n) is 6.21. The van der Waals surface area contributed by atoms with Crippen molar-refractivity contribution in [2.24, 2.45) is 11.3 Å². The molecule has 3 fully saturated rings. The summed E-state index contributed by atoms with van der Waals surface area (Å²) in [6, 6.07) is 1.35. The maximum absolute atomic E-state index is 11.9. The molecule has 0 aromatic rings. The smallest absolute Gasteiger partial charge is 0.127 e. The Balaban J connectivity index is 1.66. The number of carbonyl (C=O) groups excluding carboxylic acids is 1. The summed E-state index contributed by atoms with van der Waals surface area (Å²) in [5.74, 6) is 0.718. The van der Waals surface area contributed by atoms with Crippen molar-refractivity contribution in [1.29, 1.82) is 0 Å². The minimum Gasteiger partial charge on any atom is -0.303 e. The molecule has 0 radical (unpaired) electrons. The molecule has 0 aromatic carbocycles. The van der Waals surface area contributed by atoms with E-state index in [-0.39, 0.29) is 5.41 Å². The lowest BCUT2D eigenvalue weighted by molar-refractivity contribution is -0.121. The molecule has 21 heavy (non-hydrogen) atoms. The molecule has 0 aromatic heterocycles. The molecule has 2 aliphatic heterocycles. The average Bonchev–Trinajstić information content (AvgIpc) is 2.48. The maximum Gasteiger partial charge on any atom is 0.127 e. The van der Waals surface area contributed by atoms with Crippen molar-refractivity contribution in [3.63, 3.8) is 0 Å². The van der Waals surface area contributed by atoms with Gasteiger partial charge in [-0.25, -0.2) is 0 Å². The normalized spacial score (nSPS) is 42.5. The van der Waals surface area contributed by atoms with E-state index in [9.17, 15) is 4.79 Å². The standard InChI is InChI=1S/C18H32N2O/c1-15-6-5-8-18(10-15,14-21)13-20-12-17-7-3-4-9-19(17)11-16(20)2/h14-17H,3-13H2,1-2H3. The number of hydrogen-bond donors (Lipinski definition) is 0. The highest BCUT2D eigenvalue weighted by Crippen LogP contribution is 2.39. The van der Waals surface area contributed by atoms with Gasteiger partial charge in [0, 0.05) is 37.1 Å². The molecule has 2 saturated heterocycles. The number of fused-ring (bicyclic) bond motifs is 1. The van der Waals surface area contributed by atoms with Gasteiger partial charge in [-0.2, -0.15) is 0 Å². The molecular formula is C18H32N2O. The monoisotopic (exact) mass is 292 g/mol. The van der Waals surface area contributed by atoms with E-state index < -0.39 is 0 Å². The van der Waals surface area contributed by atoms with Crippen LogP contribution >= 0.6 is 0 Å². The molecule has 0 bridgehead atoms. The average molecular weight is 292 g/mol. The van der Waals surface area contributed by atoms with Crippen molar-refractivity contribution in [3.05, 3.63) is 0 Å². The Bertz CT molecular complexity index is 372. The molecule has 3 aliphatic rings. The first-order valence-electron chi connectivity index (χ1n) is 9.06. The van der Waals surface area contributed by atoms with E-state index in [1.807, 2.05) is 0 Å². The van der Waals surface area contributed by atoms with Crippen molar-refractivity contribution in [2.75, 3.05) is 26.2 Å². The first kappa shape index (κ1) is 15.5. The molecule has 1 saturated carbocycles. The maximum atomic E-state index is 11.9. The topological polar surface area (TPSA) is 23.6 Å². The number of piperidine rings is 1. The Hall–Kier alpha value is -0.410. The Labute approximate surface area is 130 Å². The molecule has 2 heterocycles. The van der Waals surface area contributed by atoms with Crippen molar-refractivity contribution in [3.8, 4) is 0 Å². The van der Waals surface area contributed by atoms with Crippen molar-refractivity contribution >= 4 is 6.29 Å². The Morgan fingerprint density at radius 2 is 2.00 bits per heavy atom. The lowest BCUT2D eigenvalue weighted by Gasteiger charge is -2.50. The lowest BCUT2D eigenvalue weighted by Crippen LogP contribution is -2.60. The quantitative estimate of drug-likeness (QED) is 0.747. The van der Waals surface area contributed by atoms with E-state index in [0.29, 0.717) is 6.04 Å². The summed E-state index contributed by atoms with van der Waals surface area (Å²) in [7, 11) is 0. The van der Waals surface area contributed by atoms with Gasteiger partial charge in [-0.05, 0) is 45.1 Å². The minimum absolute atomic E-state index is 0.0528. The molecule has 3 rings (SSSR count). The summed E-state index contributed by atoms with van der Waals surface area (Å²) in [5, 5.41) is 0. The zero-order valence-electron chi connectivity index (χ0n) is 13.9. The largest absolute Gasteiger partial charge is 0.303 e. The zero-order valence-corrected chi connectivity index (χ0v) is 13.9. The lowest BCUT2D eigenvalue weighted by atomic mass is 9.70. The summed E-state index contributed by atoms with van der Waals surface area (Å²) in [5.41, 5.74) is -0.0528. The summed E-state index contributed by atoms with van der Waals surface area (Å²) in [4.78, 5) is 17.2. The highest BCUT2D eigenvalue weighted by molar-refractivity contribution is 5.60. The fourth-order valence-electron chi connectivity index (χ4n) is 5.03. The van der Waals surface area contributed by atoms with Crippen LogP contribution in [0.4, 0.5) is 0 Å². The number of piperazine rings is 1. The second kappa shape index (κ2) is 6.37. The molecule has 3 heteroatoms. The molecule has 4 unspecified atom stereocenters. The molecule has 0 spiro atoms. The van der Waals surface area contributed by atoms with E-state index in [1.165, 1.54) is 58.0 Å². The van der Waals surface area contributed by atoms with Crippen LogP contribution in [0.5, 0.6) is 0 Å². The second-order valence-electron chi connectivity index (χ2n) is 8.10. The van der Waals surface area contributed by atoms with Crippen LogP contribution in [0.3, 0.4) is 0 Å². The molecule has 0 amide bonds. The minimum atomic E-state index is -0.0528. The number of nitrogens with zero attached hydrogens (tertiary/aromatic N) is 2. The molecule has 4 atom stereocenters. The van der Waals surface area contributed by atoms with Gasteiger partial charge in [0.15, 0.2) is 0 Å². The fraction of sp³-hybridized carbons (Fsp3) is 0.944. The van der Waals surface area contributed by atoms with Crippen LogP contribution in [0.2, 0.25) is 0 Å². The van der Waals surface area contributed by atoms with Gasteiger partial charge >= 0.3 is 0 Å². The molecule has 120 valence electrons. The van der Waals surface area contributed by atoms with E-state index in [1.54, 1.807) is 0 Å². The van der Waals surface area contributed by atoms with Gasteiger partial charge in [-0.15, -0.1) is 0 Å². The number of carbonyl (C=O) groups is 1. The van der Waals surface area contributed by atoms with Crippen LogP contribution in [0.1, 0.15) is 58.8 Å². The highest BCUT2D eigenvalue weighted by Gasteiger charge is 2.40. The second-order valence-corrected chi connectivity index (χ2v) is 8.10. The molecule has 1 aliphatic carbocycles. The highest BCUT2D eigenvalue weighted by atomic mass is 16.1. The Morgan fingerprint density at radius 3 is 2.76 bits per heavy atom. The van der Waals surface area contributed by atoms with Crippen molar-refractivity contribution < 1.29 is 4.79 Å². The van der Waals surface area contributed by atoms with Crippen LogP contribution in [-0.4, -0.2) is 54.3 Å². The van der Waals surface area contributed by atoms with Gasteiger partial charge in [0.25, 0.3) is 0 Å². The van der Waals surface area contributed by atoms with Gasteiger partial charge in [0.2, 0.25) is 0 Å². The van der Waals surface area contributed by atoms with Gasteiger partial charge in [0.1, 0.15) is 6.29 Å². The van der Waals surface area contributed by atoms with Crippen LogP contribution in [-0.2, 0) is 4.79 Å². The first-order chi connectivity index (χ1) is 10.1. The molecule has 3 nitrogen and oxygen atoms in total. The van der Waals surface area contributed by atoms with E-state index in [2.05, 4.69) is 23.6 Å². The Morgan fingerprint density at radius 1 is 1.14 bits per heavy atom. The van der Waals surface area contributed by atoms with Crippen molar-refractivity contribution in [1.82, 2.24) is 9.80 Å². The van der Waals surface area contributed by atoms with E-state index >= 15 is 0 Å². The van der Waals surface area contributed by atoms with Gasteiger partial charge in [0.05, 0.1) is 0 Å². The molecular weight excluding hydrogens is 260 g/mol. The predicted molar refractivity (Wildman–Crippen MR) is 86.4 cm³/mol. The van der Waals surface area contributed by atoms with Crippen LogP contribution in [0.25, 0.3) is 0 Å². The zero-order chi connectivity index (χ0) is 14.9. The SMILES string of the molecule is CC1CCCC(C=O)(CN2CC3CCCCN3CC2C)C1. The van der Waals surface area contributed by atoms with Gasteiger partial charge < -0.3 is 4.79 Å².